The van der Waals surface area contributed by atoms with Gasteiger partial charge in [-0.05, 0) is 6.92 Å². The third-order valence-electron chi connectivity index (χ3n) is 2.56. The quantitative estimate of drug-likeness (QED) is 0.587. The summed E-state index contributed by atoms with van der Waals surface area (Å²) in [5.74, 6) is -0.301. The van der Waals surface area contributed by atoms with Crippen molar-refractivity contribution in [2.45, 2.75) is 33.0 Å². The second-order valence-electron chi connectivity index (χ2n) is 4.40. The van der Waals surface area contributed by atoms with Gasteiger partial charge in [-0.1, -0.05) is 13.8 Å². The molecule has 0 spiro atoms. The van der Waals surface area contributed by atoms with Crippen molar-refractivity contribution in [3.63, 3.8) is 0 Å². The lowest BCUT2D eigenvalue weighted by Gasteiger charge is -2.21. The SMILES string of the molecule is CC(O)C(=O)N1CC(O)C(C)(C)C1. The molecule has 0 aromatic carbocycles. The second kappa shape index (κ2) is 3.27. The standard InChI is InChI=1S/C9H17NO3/c1-6(11)8(13)10-4-7(12)9(2,3)5-10/h6-7,11-12H,4-5H2,1-3H3. The fourth-order valence-corrected chi connectivity index (χ4v) is 1.55. The number of carbonyl (C=O) groups is 1. The highest BCUT2D eigenvalue weighted by atomic mass is 16.3. The van der Waals surface area contributed by atoms with Crippen molar-refractivity contribution in [2.75, 3.05) is 13.1 Å². The molecular weight excluding hydrogens is 170 g/mol. The first-order valence-corrected chi connectivity index (χ1v) is 4.49. The lowest BCUT2D eigenvalue weighted by molar-refractivity contribution is -0.138. The van der Waals surface area contributed by atoms with Gasteiger partial charge >= 0.3 is 0 Å². The van der Waals surface area contributed by atoms with Crippen LogP contribution in [0.4, 0.5) is 0 Å². The van der Waals surface area contributed by atoms with Gasteiger partial charge in [0.2, 0.25) is 0 Å². The average Bonchev–Trinajstić information content (AvgIpc) is 2.25. The monoisotopic (exact) mass is 187 g/mol. The van der Waals surface area contributed by atoms with Gasteiger partial charge in [0.05, 0.1) is 6.10 Å². The van der Waals surface area contributed by atoms with Crippen LogP contribution in [0.5, 0.6) is 0 Å². The van der Waals surface area contributed by atoms with Gasteiger partial charge in [-0.3, -0.25) is 4.79 Å². The summed E-state index contributed by atoms with van der Waals surface area (Å²) in [6.07, 6.45) is -1.46. The molecule has 1 rings (SSSR count). The smallest absolute Gasteiger partial charge is 0.251 e. The molecule has 1 amide bonds. The van der Waals surface area contributed by atoms with Gasteiger partial charge in [0, 0.05) is 18.5 Å². The average molecular weight is 187 g/mol. The van der Waals surface area contributed by atoms with E-state index in [1.807, 2.05) is 13.8 Å². The molecule has 2 N–H and O–H groups in total. The molecule has 4 heteroatoms. The van der Waals surface area contributed by atoms with Crippen LogP contribution in [0.25, 0.3) is 0 Å². The van der Waals surface area contributed by atoms with E-state index in [9.17, 15) is 9.90 Å². The number of amides is 1. The molecule has 1 aliphatic rings. The van der Waals surface area contributed by atoms with E-state index < -0.39 is 12.2 Å². The molecule has 0 saturated carbocycles. The maximum absolute atomic E-state index is 11.3. The number of hydrogen-bond acceptors (Lipinski definition) is 3. The summed E-state index contributed by atoms with van der Waals surface area (Å²) in [4.78, 5) is 12.9. The first-order chi connectivity index (χ1) is 5.84. The Morgan fingerprint density at radius 3 is 2.46 bits per heavy atom. The topological polar surface area (TPSA) is 60.8 Å². The molecule has 0 radical (unpaired) electrons. The summed E-state index contributed by atoms with van der Waals surface area (Å²) in [6.45, 7) is 6.11. The van der Waals surface area contributed by atoms with E-state index in [4.69, 9.17) is 5.11 Å². The number of hydrogen-bond donors (Lipinski definition) is 2. The van der Waals surface area contributed by atoms with Crippen LogP contribution < -0.4 is 0 Å². The second-order valence-corrected chi connectivity index (χ2v) is 4.40. The lowest BCUT2D eigenvalue weighted by atomic mass is 9.90. The summed E-state index contributed by atoms with van der Waals surface area (Å²) < 4.78 is 0. The molecule has 76 valence electrons. The Morgan fingerprint density at radius 1 is 1.62 bits per heavy atom. The van der Waals surface area contributed by atoms with Crippen LogP contribution in [0, 0.1) is 5.41 Å². The highest BCUT2D eigenvalue weighted by Gasteiger charge is 2.40. The van der Waals surface area contributed by atoms with Crippen molar-refractivity contribution in [1.29, 1.82) is 0 Å². The van der Waals surface area contributed by atoms with Gasteiger partial charge in [-0.25, -0.2) is 0 Å². The number of nitrogens with zero attached hydrogens (tertiary/aromatic N) is 1. The number of β-amino-alcohol motifs (C(OH)–C–C–N with tert-alkyl or cyclic N) is 1. The van der Waals surface area contributed by atoms with Gasteiger partial charge < -0.3 is 15.1 Å². The van der Waals surface area contributed by atoms with Crippen molar-refractivity contribution >= 4 is 5.91 Å². The molecule has 2 unspecified atom stereocenters. The predicted octanol–water partition coefficient (Wildman–Crippen LogP) is -0.404. The van der Waals surface area contributed by atoms with Gasteiger partial charge in [-0.15, -0.1) is 0 Å². The maximum atomic E-state index is 11.3. The maximum Gasteiger partial charge on any atom is 0.251 e. The van der Waals surface area contributed by atoms with Crippen LogP contribution in [0.2, 0.25) is 0 Å². The molecule has 0 bridgehead atoms. The van der Waals surface area contributed by atoms with Gasteiger partial charge in [0.1, 0.15) is 6.10 Å². The van der Waals surface area contributed by atoms with E-state index in [1.165, 1.54) is 11.8 Å². The van der Waals surface area contributed by atoms with Crippen molar-refractivity contribution in [1.82, 2.24) is 4.90 Å². The summed E-state index contributed by atoms with van der Waals surface area (Å²) in [5.41, 5.74) is -0.259. The van der Waals surface area contributed by atoms with E-state index in [2.05, 4.69) is 0 Å². The molecule has 0 aromatic heterocycles. The van der Waals surface area contributed by atoms with Crippen LogP contribution >= 0.6 is 0 Å². The molecule has 4 nitrogen and oxygen atoms in total. The third-order valence-corrected chi connectivity index (χ3v) is 2.56. The number of aliphatic hydroxyl groups is 2. The zero-order valence-electron chi connectivity index (χ0n) is 8.32. The highest BCUT2D eigenvalue weighted by Crippen LogP contribution is 2.29. The summed E-state index contributed by atoms with van der Waals surface area (Å²) in [7, 11) is 0. The normalized spacial score (nSPS) is 29.0. The summed E-state index contributed by atoms with van der Waals surface area (Å²) in [6, 6.07) is 0. The largest absolute Gasteiger partial charge is 0.391 e. The van der Waals surface area contributed by atoms with Crippen LogP contribution in [0.15, 0.2) is 0 Å². The Bertz CT molecular complexity index is 213. The van der Waals surface area contributed by atoms with Crippen LogP contribution in [0.3, 0.4) is 0 Å². The summed E-state index contributed by atoms with van der Waals surface area (Å²) >= 11 is 0. The van der Waals surface area contributed by atoms with Gasteiger partial charge in [0.25, 0.3) is 5.91 Å². The number of likely N-dealkylation sites (tertiary alicyclic amines) is 1. The molecule has 13 heavy (non-hydrogen) atoms. The highest BCUT2D eigenvalue weighted by molar-refractivity contribution is 5.80. The molecule has 0 aliphatic carbocycles. The van der Waals surface area contributed by atoms with E-state index >= 15 is 0 Å². The minimum Gasteiger partial charge on any atom is -0.391 e. The van der Waals surface area contributed by atoms with Crippen LogP contribution in [-0.4, -0.2) is 46.3 Å². The first-order valence-electron chi connectivity index (χ1n) is 4.49. The number of carbonyl (C=O) groups excluding carboxylic acids is 1. The first kappa shape index (κ1) is 10.5. The molecule has 2 atom stereocenters. The number of aliphatic hydroxyl groups excluding tert-OH is 2. The summed E-state index contributed by atoms with van der Waals surface area (Å²) in [5, 5.41) is 18.6. The van der Waals surface area contributed by atoms with E-state index in [1.54, 1.807) is 0 Å². The lowest BCUT2D eigenvalue weighted by Crippen LogP contribution is -2.37. The van der Waals surface area contributed by atoms with Crippen molar-refractivity contribution in [2.24, 2.45) is 5.41 Å². The zero-order chi connectivity index (χ0) is 10.2. The minimum atomic E-state index is -0.971. The van der Waals surface area contributed by atoms with Crippen molar-refractivity contribution < 1.29 is 15.0 Å². The Hall–Kier alpha value is -0.610. The Morgan fingerprint density at radius 2 is 2.15 bits per heavy atom. The van der Waals surface area contributed by atoms with Crippen molar-refractivity contribution in [3.8, 4) is 0 Å². The minimum absolute atomic E-state index is 0.259. The predicted molar refractivity (Wildman–Crippen MR) is 48.0 cm³/mol. The molecule has 1 fully saturated rings. The number of rotatable bonds is 1. The van der Waals surface area contributed by atoms with E-state index in [0.717, 1.165) is 0 Å². The molecule has 1 saturated heterocycles. The zero-order valence-corrected chi connectivity index (χ0v) is 8.32. The third kappa shape index (κ3) is 2.00. The van der Waals surface area contributed by atoms with Crippen molar-refractivity contribution in [3.05, 3.63) is 0 Å². The van der Waals surface area contributed by atoms with E-state index in [0.29, 0.717) is 13.1 Å². The molecule has 0 aromatic rings. The molecular formula is C9H17NO3. The van der Waals surface area contributed by atoms with Gasteiger partial charge in [0.15, 0.2) is 0 Å². The van der Waals surface area contributed by atoms with Crippen LogP contribution in [-0.2, 0) is 4.79 Å². The molecule has 1 aliphatic heterocycles. The van der Waals surface area contributed by atoms with Gasteiger partial charge in [-0.2, -0.15) is 0 Å². The van der Waals surface area contributed by atoms with Crippen LogP contribution in [0.1, 0.15) is 20.8 Å². The fraction of sp³-hybridized carbons (Fsp3) is 0.889. The van der Waals surface area contributed by atoms with E-state index in [-0.39, 0.29) is 11.3 Å². The fourth-order valence-electron chi connectivity index (χ4n) is 1.55. The molecule has 1 heterocycles. The Kier molecular flexibility index (Phi) is 2.63. The Balaban J connectivity index is 2.64. The Labute approximate surface area is 78.2 Å².